The molecule has 0 fully saturated rings. The van der Waals surface area contributed by atoms with Gasteiger partial charge in [-0.15, -0.1) is 0 Å². The highest BCUT2D eigenvalue weighted by Gasteiger charge is 2.28. The van der Waals surface area contributed by atoms with Crippen molar-refractivity contribution in [1.82, 2.24) is 10.2 Å². The standard InChI is InChI=1S/C23H28ClFN2O2/c1-3-5-14-26-23(29)21(4-2)27(16-17-10-12-19(25)13-11-17)22(28)15-18-8-6-7-9-20(18)24/h6-13,21H,3-5,14-16H2,1-2H3,(H,26,29). The summed E-state index contributed by atoms with van der Waals surface area (Å²) in [6, 6.07) is 12.5. The summed E-state index contributed by atoms with van der Waals surface area (Å²) in [5, 5.41) is 3.44. The summed E-state index contributed by atoms with van der Waals surface area (Å²) in [4.78, 5) is 27.5. The summed E-state index contributed by atoms with van der Waals surface area (Å²) in [6.45, 7) is 4.74. The van der Waals surface area contributed by atoms with Gasteiger partial charge in [0, 0.05) is 18.1 Å². The fourth-order valence-electron chi connectivity index (χ4n) is 3.12. The van der Waals surface area contributed by atoms with Gasteiger partial charge in [-0.1, -0.05) is 62.2 Å². The summed E-state index contributed by atoms with van der Waals surface area (Å²) < 4.78 is 13.3. The molecule has 4 nitrogen and oxygen atoms in total. The molecule has 156 valence electrons. The van der Waals surface area contributed by atoms with E-state index in [1.165, 1.54) is 12.1 Å². The number of rotatable bonds is 10. The van der Waals surface area contributed by atoms with Crippen molar-refractivity contribution in [1.29, 1.82) is 0 Å². The summed E-state index contributed by atoms with van der Waals surface area (Å²) in [5.41, 5.74) is 1.48. The third kappa shape index (κ3) is 6.86. The topological polar surface area (TPSA) is 49.4 Å². The highest BCUT2D eigenvalue weighted by Crippen LogP contribution is 2.19. The van der Waals surface area contributed by atoms with Gasteiger partial charge >= 0.3 is 0 Å². The van der Waals surface area contributed by atoms with Gasteiger partial charge in [0.25, 0.3) is 0 Å². The van der Waals surface area contributed by atoms with E-state index in [-0.39, 0.29) is 30.6 Å². The van der Waals surface area contributed by atoms with E-state index in [1.54, 1.807) is 29.2 Å². The third-order valence-corrected chi connectivity index (χ3v) is 5.15. The van der Waals surface area contributed by atoms with E-state index in [2.05, 4.69) is 12.2 Å². The second-order valence-corrected chi connectivity index (χ2v) is 7.39. The number of carbonyl (C=O) groups is 2. The van der Waals surface area contributed by atoms with Crippen molar-refractivity contribution in [2.24, 2.45) is 0 Å². The number of hydrogen-bond acceptors (Lipinski definition) is 2. The van der Waals surface area contributed by atoms with Gasteiger partial charge in [0.15, 0.2) is 0 Å². The highest BCUT2D eigenvalue weighted by atomic mass is 35.5. The molecule has 0 spiro atoms. The molecular weight excluding hydrogens is 391 g/mol. The second kappa shape index (κ2) is 11.6. The van der Waals surface area contributed by atoms with Crippen LogP contribution in [-0.4, -0.2) is 29.3 Å². The van der Waals surface area contributed by atoms with E-state index in [4.69, 9.17) is 11.6 Å². The molecule has 0 aliphatic carbocycles. The van der Waals surface area contributed by atoms with E-state index in [9.17, 15) is 14.0 Å². The van der Waals surface area contributed by atoms with Crippen molar-refractivity contribution in [3.8, 4) is 0 Å². The smallest absolute Gasteiger partial charge is 0.242 e. The molecule has 2 amide bonds. The fourth-order valence-corrected chi connectivity index (χ4v) is 3.32. The van der Waals surface area contributed by atoms with Crippen LogP contribution in [0.25, 0.3) is 0 Å². The average molecular weight is 419 g/mol. The largest absolute Gasteiger partial charge is 0.354 e. The monoisotopic (exact) mass is 418 g/mol. The van der Waals surface area contributed by atoms with Gasteiger partial charge in [0.05, 0.1) is 6.42 Å². The third-order valence-electron chi connectivity index (χ3n) is 4.78. The van der Waals surface area contributed by atoms with Gasteiger partial charge < -0.3 is 10.2 Å². The lowest BCUT2D eigenvalue weighted by Gasteiger charge is -2.31. The minimum Gasteiger partial charge on any atom is -0.354 e. The minimum atomic E-state index is -0.605. The molecule has 6 heteroatoms. The Morgan fingerprint density at radius 1 is 1.10 bits per heavy atom. The maximum absolute atomic E-state index is 13.3. The SMILES string of the molecule is CCCCNC(=O)C(CC)N(Cc1ccc(F)cc1)C(=O)Cc1ccccc1Cl. The molecule has 0 heterocycles. The van der Waals surface area contributed by atoms with E-state index in [1.807, 2.05) is 19.1 Å². The molecule has 0 radical (unpaired) electrons. The molecule has 0 saturated heterocycles. The van der Waals surface area contributed by atoms with Crippen LogP contribution in [0.1, 0.15) is 44.2 Å². The zero-order chi connectivity index (χ0) is 21.2. The zero-order valence-electron chi connectivity index (χ0n) is 17.0. The Balaban J connectivity index is 2.25. The van der Waals surface area contributed by atoms with Crippen molar-refractivity contribution in [3.05, 3.63) is 70.5 Å². The molecule has 29 heavy (non-hydrogen) atoms. The normalized spacial score (nSPS) is 11.7. The van der Waals surface area contributed by atoms with E-state index in [0.29, 0.717) is 23.6 Å². The highest BCUT2D eigenvalue weighted by molar-refractivity contribution is 6.31. The maximum Gasteiger partial charge on any atom is 0.242 e. The first-order valence-corrected chi connectivity index (χ1v) is 10.4. The van der Waals surface area contributed by atoms with Crippen LogP contribution in [0.5, 0.6) is 0 Å². The average Bonchev–Trinajstić information content (AvgIpc) is 2.71. The summed E-state index contributed by atoms with van der Waals surface area (Å²) in [5.74, 6) is -0.706. The van der Waals surface area contributed by atoms with Crippen molar-refractivity contribution in [3.63, 3.8) is 0 Å². The molecule has 0 aliphatic rings. The van der Waals surface area contributed by atoms with E-state index in [0.717, 1.165) is 18.4 Å². The van der Waals surface area contributed by atoms with Crippen LogP contribution < -0.4 is 5.32 Å². The molecule has 1 atom stereocenters. The molecule has 2 aromatic rings. The summed E-state index contributed by atoms with van der Waals surface area (Å²) >= 11 is 6.22. The molecule has 2 aromatic carbocycles. The first kappa shape index (κ1) is 22.9. The van der Waals surface area contributed by atoms with Gasteiger partial charge in [-0.2, -0.15) is 0 Å². The molecule has 0 aromatic heterocycles. The van der Waals surface area contributed by atoms with E-state index >= 15 is 0 Å². The van der Waals surface area contributed by atoms with Crippen LogP contribution in [0.4, 0.5) is 4.39 Å². The molecule has 0 saturated carbocycles. The predicted octanol–water partition coefficient (Wildman–Crippen LogP) is 4.75. The molecule has 2 rings (SSSR count). The number of benzene rings is 2. The lowest BCUT2D eigenvalue weighted by molar-refractivity contribution is -0.140. The molecule has 1 unspecified atom stereocenters. The number of amides is 2. The Kier molecular flexibility index (Phi) is 9.13. The van der Waals surface area contributed by atoms with Gasteiger partial charge in [-0.25, -0.2) is 4.39 Å². The molecular formula is C23H28ClFN2O2. The lowest BCUT2D eigenvalue weighted by atomic mass is 10.1. The number of unbranched alkanes of at least 4 members (excludes halogenated alkanes) is 1. The zero-order valence-corrected chi connectivity index (χ0v) is 17.7. The first-order chi connectivity index (χ1) is 14.0. The van der Waals surface area contributed by atoms with Crippen molar-refractivity contribution >= 4 is 23.4 Å². The van der Waals surface area contributed by atoms with Crippen LogP contribution in [-0.2, 0) is 22.6 Å². The molecule has 0 bridgehead atoms. The number of nitrogens with one attached hydrogen (secondary N) is 1. The molecule has 1 N–H and O–H groups in total. The number of nitrogens with zero attached hydrogens (tertiary/aromatic N) is 1. The Labute approximate surface area is 177 Å². The van der Waals surface area contributed by atoms with Gasteiger partial charge in [-0.05, 0) is 42.2 Å². The van der Waals surface area contributed by atoms with Crippen molar-refractivity contribution in [2.45, 2.75) is 52.1 Å². The fraction of sp³-hybridized carbons (Fsp3) is 0.391. The minimum absolute atomic E-state index is 0.0968. The van der Waals surface area contributed by atoms with Crippen LogP contribution >= 0.6 is 11.6 Å². The Bertz CT molecular complexity index is 811. The van der Waals surface area contributed by atoms with Crippen LogP contribution in [0, 0.1) is 5.82 Å². The second-order valence-electron chi connectivity index (χ2n) is 6.98. The van der Waals surface area contributed by atoms with Crippen LogP contribution in [0.3, 0.4) is 0 Å². The Morgan fingerprint density at radius 2 is 1.79 bits per heavy atom. The quantitative estimate of drug-likeness (QED) is 0.566. The first-order valence-electron chi connectivity index (χ1n) is 10.0. The predicted molar refractivity (Wildman–Crippen MR) is 114 cm³/mol. The van der Waals surface area contributed by atoms with Crippen molar-refractivity contribution in [2.75, 3.05) is 6.54 Å². The Morgan fingerprint density at radius 3 is 2.41 bits per heavy atom. The summed E-state index contributed by atoms with van der Waals surface area (Å²) in [7, 11) is 0. The summed E-state index contributed by atoms with van der Waals surface area (Å²) in [6.07, 6.45) is 2.43. The lowest BCUT2D eigenvalue weighted by Crippen LogP contribution is -2.49. The Hall–Kier alpha value is -2.40. The van der Waals surface area contributed by atoms with Crippen molar-refractivity contribution < 1.29 is 14.0 Å². The number of carbonyl (C=O) groups excluding carboxylic acids is 2. The number of halogens is 2. The maximum atomic E-state index is 13.3. The van der Waals surface area contributed by atoms with Gasteiger partial charge in [-0.3, -0.25) is 9.59 Å². The molecule has 0 aliphatic heterocycles. The van der Waals surface area contributed by atoms with Crippen LogP contribution in [0.15, 0.2) is 48.5 Å². The van der Waals surface area contributed by atoms with Gasteiger partial charge in [0.1, 0.15) is 11.9 Å². The van der Waals surface area contributed by atoms with E-state index < -0.39 is 6.04 Å². The van der Waals surface area contributed by atoms with Gasteiger partial charge in [0.2, 0.25) is 11.8 Å². The van der Waals surface area contributed by atoms with Crippen LogP contribution in [0.2, 0.25) is 5.02 Å². The number of hydrogen-bond donors (Lipinski definition) is 1.